The molecule has 1 aliphatic heterocycles. The fourth-order valence-electron chi connectivity index (χ4n) is 2.47. The minimum absolute atomic E-state index is 0.0446. The van der Waals surface area contributed by atoms with Gasteiger partial charge in [0.2, 0.25) is 5.91 Å². The lowest BCUT2D eigenvalue weighted by molar-refractivity contribution is -0.120. The molecule has 3 N–H and O–H groups in total. The highest BCUT2D eigenvalue weighted by atomic mass is 35.5. The molecule has 24 heavy (non-hydrogen) atoms. The van der Waals surface area contributed by atoms with Crippen molar-refractivity contribution in [3.63, 3.8) is 0 Å². The Balaban J connectivity index is 1.84. The maximum Gasteiger partial charge on any atom is 0.318 e. The van der Waals surface area contributed by atoms with E-state index >= 15 is 0 Å². The monoisotopic (exact) mass is 356 g/mol. The third-order valence-corrected chi connectivity index (χ3v) is 3.97. The molecule has 1 aliphatic rings. The Labute approximate surface area is 143 Å². The summed E-state index contributed by atoms with van der Waals surface area (Å²) in [4.78, 5) is 37.8. The number of hydrogen-bond donors (Lipinski definition) is 2. The second kappa shape index (κ2) is 8.07. The first-order valence-corrected chi connectivity index (χ1v) is 7.80. The lowest BCUT2D eigenvalue weighted by atomic mass is 10.1. The lowest BCUT2D eigenvalue weighted by Crippen LogP contribution is -2.49. The first kappa shape index (κ1) is 18.2. The van der Waals surface area contributed by atoms with Crippen LogP contribution < -0.4 is 11.1 Å². The Hall–Kier alpha value is -2.19. The van der Waals surface area contributed by atoms with Crippen molar-refractivity contribution in [3.05, 3.63) is 34.6 Å². The zero-order chi connectivity index (χ0) is 17.7. The van der Waals surface area contributed by atoms with E-state index in [1.807, 2.05) is 10.2 Å². The van der Waals surface area contributed by atoms with Crippen molar-refractivity contribution >= 4 is 29.4 Å². The topological polar surface area (TPSA) is 95.7 Å². The third-order valence-electron chi connectivity index (χ3n) is 3.74. The van der Waals surface area contributed by atoms with E-state index in [4.69, 9.17) is 17.3 Å². The Kier molecular flexibility index (Phi) is 6.10. The molecule has 1 aromatic carbocycles. The summed E-state index contributed by atoms with van der Waals surface area (Å²) in [6.07, 6.45) is 0.139. The summed E-state index contributed by atoms with van der Waals surface area (Å²) in [7, 11) is 0. The Morgan fingerprint density at radius 3 is 2.50 bits per heavy atom. The van der Waals surface area contributed by atoms with E-state index in [2.05, 4.69) is 0 Å². The van der Waals surface area contributed by atoms with Crippen LogP contribution >= 0.6 is 11.6 Å². The molecular formula is C15H18ClFN4O3. The average Bonchev–Trinajstić information content (AvgIpc) is 2.54. The van der Waals surface area contributed by atoms with Crippen LogP contribution in [0.1, 0.15) is 16.8 Å². The number of primary amides is 1. The van der Waals surface area contributed by atoms with E-state index in [1.54, 1.807) is 4.90 Å². The van der Waals surface area contributed by atoms with Crippen LogP contribution in [0.25, 0.3) is 0 Å². The van der Waals surface area contributed by atoms with Crippen LogP contribution in [-0.4, -0.2) is 60.4 Å². The van der Waals surface area contributed by atoms with E-state index in [-0.39, 0.29) is 12.0 Å². The Morgan fingerprint density at radius 2 is 1.88 bits per heavy atom. The predicted molar refractivity (Wildman–Crippen MR) is 86.1 cm³/mol. The van der Waals surface area contributed by atoms with Crippen molar-refractivity contribution < 1.29 is 18.8 Å². The third kappa shape index (κ3) is 4.90. The maximum absolute atomic E-state index is 13.8. The molecule has 9 heteroatoms. The minimum atomic E-state index is -0.876. The van der Waals surface area contributed by atoms with Gasteiger partial charge in [-0.3, -0.25) is 19.8 Å². The van der Waals surface area contributed by atoms with Crippen LogP contribution in [-0.2, 0) is 4.79 Å². The molecule has 0 bridgehead atoms. The van der Waals surface area contributed by atoms with E-state index < -0.39 is 23.7 Å². The molecule has 2 rings (SSSR count). The highest BCUT2D eigenvalue weighted by Crippen LogP contribution is 2.17. The highest BCUT2D eigenvalue weighted by molar-refractivity contribution is 6.31. The van der Waals surface area contributed by atoms with Gasteiger partial charge < -0.3 is 10.6 Å². The average molecular weight is 357 g/mol. The number of nitrogens with two attached hydrogens (primary N) is 1. The molecule has 0 unspecified atom stereocenters. The summed E-state index contributed by atoms with van der Waals surface area (Å²) < 4.78 is 13.8. The largest absolute Gasteiger partial charge is 0.351 e. The SMILES string of the molecule is NC(=O)NC(=O)CCN1CCN(C(=O)c2cc(Cl)ccc2F)CC1. The highest BCUT2D eigenvalue weighted by Gasteiger charge is 2.24. The quantitative estimate of drug-likeness (QED) is 0.835. The molecule has 1 saturated heterocycles. The molecular weight excluding hydrogens is 339 g/mol. The van der Waals surface area contributed by atoms with Crippen LogP contribution in [0, 0.1) is 5.82 Å². The number of nitrogens with one attached hydrogen (secondary N) is 1. The van der Waals surface area contributed by atoms with Crippen molar-refractivity contribution in [1.29, 1.82) is 0 Å². The van der Waals surface area contributed by atoms with Crippen LogP contribution in [0.4, 0.5) is 9.18 Å². The zero-order valence-corrected chi connectivity index (χ0v) is 13.7. The molecule has 130 valence electrons. The van der Waals surface area contributed by atoms with Gasteiger partial charge >= 0.3 is 6.03 Å². The second-order valence-corrected chi connectivity index (χ2v) is 5.86. The summed E-state index contributed by atoms with van der Waals surface area (Å²) in [6, 6.07) is 3.00. The number of piperazine rings is 1. The minimum Gasteiger partial charge on any atom is -0.351 e. The predicted octanol–water partition coefficient (Wildman–Crippen LogP) is 0.822. The van der Waals surface area contributed by atoms with E-state index in [1.165, 1.54) is 18.2 Å². The second-order valence-electron chi connectivity index (χ2n) is 5.42. The number of halogens is 2. The number of imide groups is 1. The van der Waals surface area contributed by atoms with Crippen LogP contribution in [0.5, 0.6) is 0 Å². The summed E-state index contributed by atoms with van der Waals surface area (Å²) in [5.41, 5.74) is 4.82. The summed E-state index contributed by atoms with van der Waals surface area (Å²) in [5.74, 6) is -1.45. The van der Waals surface area contributed by atoms with Gasteiger partial charge in [-0.15, -0.1) is 0 Å². The van der Waals surface area contributed by atoms with Gasteiger partial charge in [0, 0.05) is 44.2 Å². The van der Waals surface area contributed by atoms with Crippen LogP contribution in [0.3, 0.4) is 0 Å². The fraction of sp³-hybridized carbons (Fsp3) is 0.400. The molecule has 1 heterocycles. The molecule has 0 atom stereocenters. The summed E-state index contributed by atoms with van der Waals surface area (Å²) in [5, 5.41) is 2.30. The van der Waals surface area contributed by atoms with Gasteiger partial charge in [-0.25, -0.2) is 9.18 Å². The number of urea groups is 1. The van der Waals surface area contributed by atoms with Gasteiger partial charge in [0.25, 0.3) is 5.91 Å². The Bertz CT molecular complexity index is 648. The standard InChI is InChI=1S/C15H18ClFN4O3/c16-10-1-2-12(17)11(9-10)14(23)21-7-5-20(6-8-21)4-3-13(22)19-15(18)24/h1-2,9H,3-8H2,(H3,18,19,22,24). The molecule has 0 saturated carbocycles. The van der Waals surface area contributed by atoms with Crippen molar-refractivity contribution in [2.45, 2.75) is 6.42 Å². The smallest absolute Gasteiger partial charge is 0.318 e. The number of carbonyl (C=O) groups excluding carboxylic acids is 3. The zero-order valence-electron chi connectivity index (χ0n) is 12.9. The molecule has 7 nitrogen and oxygen atoms in total. The van der Waals surface area contributed by atoms with Gasteiger partial charge in [0.05, 0.1) is 5.56 Å². The van der Waals surface area contributed by atoms with Crippen molar-refractivity contribution in [2.24, 2.45) is 5.73 Å². The van der Waals surface area contributed by atoms with Gasteiger partial charge in [-0.1, -0.05) is 11.6 Å². The fourth-order valence-corrected chi connectivity index (χ4v) is 2.64. The number of rotatable bonds is 4. The van der Waals surface area contributed by atoms with Crippen molar-refractivity contribution in [1.82, 2.24) is 15.1 Å². The maximum atomic E-state index is 13.8. The van der Waals surface area contributed by atoms with E-state index in [0.717, 1.165) is 0 Å². The Morgan fingerprint density at radius 1 is 1.21 bits per heavy atom. The van der Waals surface area contributed by atoms with Gasteiger partial charge in [0.15, 0.2) is 0 Å². The van der Waals surface area contributed by atoms with E-state index in [9.17, 15) is 18.8 Å². The molecule has 1 aromatic rings. The molecule has 0 aromatic heterocycles. The first-order chi connectivity index (χ1) is 11.4. The van der Waals surface area contributed by atoms with Crippen molar-refractivity contribution in [2.75, 3.05) is 32.7 Å². The van der Waals surface area contributed by atoms with Gasteiger partial charge in [0.1, 0.15) is 5.82 Å². The molecule has 0 radical (unpaired) electrons. The van der Waals surface area contributed by atoms with Crippen LogP contribution in [0.15, 0.2) is 18.2 Å². The molecule has 1 fully saturated rings. The normalized spacial score (nSPS) is 15.2. The number of amides is 4. The number of carbonyl (C=O) groups is 3. The number of hydrogen-bond acceptors (Lipinski definition) is 4. The van der Waals surface area contributed by atoms with Crippen molar-refractivity contribution in [3.8, 4) is 0 Å². The number of benzene rings is 1. The molecule has 4 amide bonds. The number of nitrogens with zero attached hydrogens (tertiary/aromatic N) is 2. The summed E-state index contributed by atoms with van der Waals surface area (Å²) >= 11 is 5.81. The van der Waals surface area contributed by atoms with Gasteiger partial charge in [-0.2, -0.15) is 0 Å². The molecule has 0 aliphatic carbocycles. The van der Waals surface area contributed by atoms with Crippen LogP contribution in [0.2, 0.25) is 5.02 Å². The molecule has 0 spiro atoms. The summed E-state index contributed by atoms with van der Waals surface area (Å²) in [6.45, 7) is 2.40. The first-order valence-electron chi connectivity index (χ1n) is 7.43. The lowest BCUT2D eigenvalue weighted by Gasteiger charge is -2.34. The van der Waals surface area contributed by atoms with E-state index in [0.29, 0.717) is 37.7 Å². The van der Waals surface area contributed by atoms with Gasteiger partial charge in [-0.05, 0) is 18.2 Å².